The van der Waals surface area contributed by atoms with E-state index >= 15 is 0 Å². The number of thiophene rings is 1. The van der Waals surface area contributed by atoms with Crippen LogP contribution in [0.3, 0.4) is 0 Å². The minimum atomic E-state index is -0.340. The van der Waals surface area contributed by atoms with Crippen LogP contribution in [-0.4, -0.2) is 18.4 Å². The van der Waals surface area contributed by atoms with Gasteiger partial charge in [-0.1, -0.05) is 13.8 Å². The molecule has 3 rings (SSSR count). The molecule has 0 amide bonds. The van der Waals surface area contributed by atoms with Crippen LogP contribution in [0.4, 0.5) is 0 Å². The van der Waals surface area contributed by atoms with Crippen LogP contribution in [-0.2, 0) is 14.3 Å². The highest BCUT2D eigenvalue weighted by Gasteiger charge is 2.43. The van der Waals surface area contributed by atoms with Gasteiger partial charge in [-0.3, -0.25) is 4.79 Å². The van der Waals surface area contributed by atoms with Crippen LogP contribution in [0.1, 0.15) is 56.2 Å². The Hall–Kier alpha value is -1.88. The molecule has 0 spiro atoms. The normalized spacial score (nSPS) is 22.6. The Bertz CT molecular complexity index is 798. The molecule has 0 unspecified atom stereocenters. The molecule has 1 aromatic heterocycles. The molecule has 0 saturated carbocycles. The Morgan fingerprint density at radius 2 is 2.04 bits per heavy atom. The maximum Gasteiger partial charge on any atom is 0.336 e. The van der Waals surface area contributed by atoms with E-state index in [1.165, 1.54) is 4.88 Å². The molecule has 1 aliphatic carbocycles. The van der Waals surface area contributed by atoms with Crippen molar-refractivity contribution in [2.24, 2.45) is 5.41 Å². The molecule has 2 heterocycles. The largest absolute Gasteiger partial charge is 0.463 e. The topological polar surface area (TPSA) is 55.4 Å². The van der Waals surface area contributed by atoms with Gasteiger partial charge in [0.05, 0.1) is 18.1 Å². The summed E-state index contributed by atoms with van der Waals surface area (Å²) in [5.41, 5.74) is 2.99. The minimum absolute atomic E-state index is 0.0689. The van der Waals surface area contributed by atoms with Gasteiger partial charge in [-0.05, 0) is 44.7 Å². The highest BCUT2D eigenvalue weighted by Crippen LogP contribution is 2.47. The summed E-state index contributed by atoms with van der Waals surface area (Å²) in [6.07, 6.45) is 1.31. The average molecular weight is 359 g/mol. The Morgan fingerprint density at radius 1 is 1.32 bits per heavy atom. The minimum Gasteiger partial charge on any atom is -0.463 e. The third-order valence-electron chi connectivity index (χ3n) is 4.78. The van der Waals surface area contributed by atoms with E-state index in [1.54, 1.807) is 18.3 Å². The third kappa shape index (κ3) is 3.30. The van der Waals surface area contributed by atoms with Gasteiger partial charge < -0.3 is 10.1 Å². The van der Waals surface area contributed by atoms with E-state index in [9.17, 15) is 9.59 Å². The smallest absolute Gasteiger partial charge is 0.336 e. The number of hydrogen-bond donors (Lipinski definition) is 1. The van der Waals surface area contributed by atoms with Gasteiger partial charge in [0.15, 0.2) is 5.78 Å². The van der Waals surface area contributed by atoms with Crippen LogP contribution in [0.15, 0.2) is 34.7 Å². The predicted octanol–water partition coefficient (Wildman–Crippen LogP) is 4.22. The number of esters is 1. The van der Waals surface area contributed by atoms with Crippen molar-refractivity contribution in [3.05, 3.63) is 44.4 Å². The fourth-order valence-corrected chi connectivity index (χ4v) is 4.81. The Labute approximate surface area is 153 Å². The summed E-state index contributed by atoms with van der Waals surface area (Å²) in [5.74, 6) is -0.533. The van der Waals surface area contributed by atoms with Gasteiger partial charge in [-0.2, -0.15) is 0 Å². The molecule has 25 heavy (non-hydrogen) atoms. The molecule has 0 saturated heterocycles. The van der Waals surface area contributed by atoms with E-state index < -0.39 is 0 Å². The molecule has 4 nitrogen and oxygen atoms in total. The van der Waals surface area contributed by atoms with Crippen LogP contribution in [0.5, 0.6) is 0 Å². The van der Waals surface area contributed by atoms with Crippen molar-refractivity contribution in [2.75, 3.05) is 6.61 Å². The number of hydrogen-bond acceptors (Lipinski definition) is 5. The number of Topliss-reactive ketones (excluding diaryl/α,β-unsaturated/α-hetero) is 1. The zero-order chi connectivity index (χ0) is 18.4. The molecule has 0 aromatic carbocycles. The molecule has 0 radical (unpaired) electrons. The molecule has 134 valence electrons. The van der Waals surface area contributed by atoms with Crippen molar-refractivity contribution in [3.8, 4) is 0 Å². The van der Waals surface area contributed by atoms with Crippen LogP contribution >= 0.6 is 11.3 Å². The van der Waals surface area contributed by atoms with Crippen molar-refractivity contribution in [3.63, 3.8) is 0 Å². The number of nitrogens with one attached hydrogen (secondary N) is 1. The first-order valence-electron chi connectivity index (χ1n) is 8.71. The van der Waals surface area contributed by atoms with Crippen LogP contribution in [0.25, 0.3) is 0 Å². The molecule has 1 aromatic rings. The summed E-state index contributed by atoms with van der Waals surface area (Å²) < 4.78 is 5.30. The maximum absolute atomic E-state index is 13.0. The zero-order valence-electron chi connectivity index (χ0n) is 15.5. The van der Waals surface area contributed by atoms with E-state index in [1.807, 2.05) is 26.0 Å². The molecular weight excluding hydrogens is 334 g/mol. The first-order chi connectivity index (χ1) is 11.7. The quantitative estimate of drug-likeness (QED) is 0.821. The zero-order valence-corrected chi connectivity index (χ0v) is 16.3. The van der Waals surface area contributed by atoms with Crippen molar-refractivity contribution >= 4 is 23.1 Å². The number of aryl methyl sites for hydroxylation is 1. The maximum atomic E-state index is 13.0. The summed E-state index contributed by atoms with van der Waals surface area (Å²) in [7, 11) is 0. The molecule has 1 aliphatic heterocycles. The summed E-state index contributed by atoms with van der Waals surface area (Å²) >= 11 is 1.64. The lowest BCUT2D eigenvalue weighted by molar-refractivity contribution is -0.138. The molecule has 1 atom stereocenters. The fourth-order valence-electron chi connectivity index (χ4n) is 3.81. The lowest BCUT2D eigenvalue weighted by Gasteiger charge is -2.39. The second-order valence-electron chi connectivity index (χ2n) is 7.60. The number of rotatable bonds is 3. The fraction of sp³-hybridized carbons (Fsp3) is 0.500. The highest BCUT2D eigenvalue weighted by atomic mass is 32.1. The standard InChI is InChI=1S/C20H25NO3S/c1-6-24-19(23)16-12(3)21-13-9-20(4,5)10-14(22)17(13)18(16)15-8-7-11(2)25-15/h7-8,18,21H,6,9-10H2,1-5H3/t18-/m1/s1. The van der Waals surface area contributed by atoms with Crippen LogP contribution < -0.4 is 5.32 Å². The SMILES string of the molecule is CCOC(=O)C1=C(C)NC2=C(C(=O)CC(C)(C)C2)[C@@H]1c1ccc(C)s1. The lowest BCUT2D eigenvalue weighted by Crippen LogP contribution is -2.38. The molecule has 0 bridgehead atoms. The molecule has 2 aliphatic rings. The van der Waals surface area contributed by atoms with Gasteiger partial charge in [0, 0.05) is 33.1 Å². The molecule has 5 heteroatoms. The summed E-state index contributed by atoms with van der Waals surface area (Å²) in [6.45, 7) is 10.3. The first kappa shape index (κ1) is 17.9. The predicted molar refractivity (Wildman–Crippen MR) is 99.3 cm³/mol. The van der Waals surface area contributed by atoms with Crippen molar-refractivity contribution < 1.29 is 14.3 Å². The first-order valence-corrected chi connectivity index (χ1v) is 9.52. The Balaban J connectivity index is 2.15. The van der Waals surface area contributed by atoms with Crippen LogP contribution in [0, 0.1) is 12.3 Å². The second kappa shape index (κ2) is 6.45. The van der Waals surface area contributed by atoms with Crippen molar-refractivity contribution in [2.45, 2.75) is 53.4 Å². The van der Waals surface area contributed by atoms with E-state index in [2.05, 4.69) is 19.2 Å². The average Bonchev–Trinajstić information content (AvgIpc) is 2.90. The third-order valence-corrected chi connectivity index (χ3v) is 5.85. The Kier molecular flexibility index (Phi) is 4.62. The van der Waals surface area contributed by atoms with Gasteiger partial charge in [0.1, 0.15) is 0 Å². The number of carbonyl (C=O) groups is 2. The molecule has 0 fully saturated rings. The summed E-state index contributed by atoms with van der Waals surface area (Å²) in [6, 6.07) is 4.07. The number of allylic oxidation sites excluding steroid dienone is 3. The lowest BCUT2D eigenvalue weighted by atomic mass is 9.70. The van der Waals surface area contributed by atoms with E-state index in [4.69, 9.17) is 4.74 Å². The van der Waals surface area contributed by atoms with Gasteiger partial charge in [0.2, 0.25) is 0 Å². The summed E-state index contributed by atoms with van der Waals surface area (Å²) in [5, 5.41) is 3.34. The number of ether oxygens (including phenoxy) is 1. The van der Waals surface area contributed by atoms with E-state index in [-0.39, 0.29) is 23.1 Å². The van der Waals surface area contributed by atoms with Gasteiger partial charge in [-0.15, -0.1) is 11.3 Å². The second-order valence-corrected chi connectivity index (χ2v) is 8.92. The number of ketones is 1. The van der Waals surface area contributed by atoms with E-state index in [0.717, 1.165) is 28.3 Å². The number of dihydropyridines is 1. The van der Waals surface area contributed by atoms with Gasteiger partial charge in [-0.25, -0.2) is 4.79 Å². The Morgan fingerprint density at radius 3 is 2.64 bits per heavy atom. The number of carbonyl (C=O) groups excluding carboxylic acids is 2. The highest BCUT2D eigenvalue weighted by molar-refractivity contribution is 7.12. The van der Waals surface area contributed by atoms with Gasteiger partial charge in [0.25, 0.3) is 0 Å². The van der Waals surface area contributed by atoms with Crippen molar-refractivity contribution in [1.29, 1.82) is 0 Å². The van der Waals surface area contributed by atoms with Crippen molar-refractivity contribution in [1.82, 2.24) is 5.32 Å². The van der Waals surface area contributed by atoms with E-state index in [0.29, 0.717) is 18.6 Å². The monoisotopic (exact) mass is 359 g/mol. The molecule has 1 N–H and O–H groups in total. The van der Waals surface area contributed by atoms with Gasteiger partial charge >= 0.3 is 5.97 Å². The van der Waals surface area contributed by atoms with Crippen LogP contribution in [0.2, 0.25) is 0 Å². The molecular formula is C20H25NO3S. The summed E-state index contributed by atoms with van der Waals surface area (Å²) in [4.78, 5) is 27.9.